The minimum atomic E-state index is 0. The van der Waals surface area contributed by atoms with Gasteiger partial charge in [-0.2, -0.15) is 0 Å². The second-order valence-corrected chi connectivity index (χ2v) is 0. The normalized spacial score (nSPS) is 0. The predicted octanol–water partition coefficient (Wildman–Crippen LogP) is -8.37. The fraction of sp³-hybridized carbons (Fsp3) is 0. The van der Waals surface area contributed by atoms with Crippen LogP contribution in [0.4, 0.5) is 0 Å². The van der Waals surface area contributed by atoms with Gasteiger partial charge in [-0.25, -0.2) is 0 Å². The average molecular weight is 519 g/mol. The van der Waals surface area contributed by atoms with Crippen molar-refractivity contribution in [1.29, 1.82) is 0 Å². The fourth-order valence-corrected chi connectivity index (χ4v) is 0. The van der Waals surface area contributed by atoms with E-state index in [1.807, 2.05) is 0 Å². The van der Waals surface area contributed by atoms with Gasteiger partial charge in [0.2, 0.25) is 0 Å². The molecule has 0 atom stereocenters. The first-order valence-electron chi connectivity index (χ1n) is 0. The summed E-state index contributed by atoms with van der Waals surface area (Å²) in [5.74, 6) is 0. The Balaban J connectivity index is 0. The molecule has 0 aliphatic heterocycles. The van der Waals surface area contributed by atoms with Gasteiger partial charge in [-0.1, -0.05) is 0 Å². The summed E-state index contributed by atoms with van der Waals surface area (Å²) < 4.78 is 0. The SMILES string of the molecule is [Mo].[Mo].[Na+].[Na+].[S-2].[SbH3].[SbH3]. The van der Waals surface area contributed by atoms with Gasteiger partial charge >= 0.3 is 108 Å². The Kier molecular flexibility index (Phi) is 336. The molecule has 0 aromatic heterocycles. The molecule has 0 aliphatic rings. The van der Waals surface area contributed by atoms with Crippen molar-refractivity contribution in [3.05, 3.63) is 0 Å². The molecule has 0 amide bonds. The summed E-state index contributed by atoms with van der Waals surface area (Å²) in [5, 5.41) is 0. The van der Waals surface area contributed by atoms with Gasteiger partial charge in [0, 0.05) is 42.1 Å². The predicted molar refractivity (Wildman–Crippen MR) is 27.2 cm³/mol. The van der Waals surface area contributed by atoms with Crippen LogP contribution in [0.1, 0.15) is 0 Å². The zero-order valence-corrected chi connectivity index (χ0v) is 21.5. The summed E-state index contributed by atoms with van der Waals surface area (Å²) in [7, 11) is 0. The van der Waals surface area contributed by atoms with Crippen molar-refractivity contribution >= 4 is 62.4 Å². The van der Waals surface area contributed by atoms with Gasteiger partial charge in [0.25, 0.3) is 0 Å². The topological polar surface area (TPSA) is 0 Å². The van der Waals surface area contributed by atoms with Crippen LogP contribution in [0, 0.1) is 0 Å². The molecule has 0 unspecified atom stereocenters. The van der Waals surface area contributed by atoms with Crippen LogP contribution in [0.5, 0.6) is 0 Å². The van der Waals surface area contributed by atoms with Crippen LogP contribution in [0.2, 0.25) is 0 Å². The van der Waals surface area contributed by atoms with E-state index in [2.05, 4.69) is 0 Å². The molecule has 7 heavy (non-hydrogen) atoms. The van der Waals surface area contributed by atoms with Crippen LogP contribution in [-0.4, -0.2) is 48.9 Å². The Bertz CT molecular complexity index is 13.7. The molecular weight excluding hydrogens is 513 g/mol. The van der Waals surface area contributed by atoms with E-state index in [9.17, 15) is 0 Å². The summed E-state index contributed by atoms with van der Waals surface area (Å²) in [6, 6.07) is 0. The van der Waals surface area contributed by atoms with Crippen molar-refractivity contribution in [3.8, 4) is 0 Å². The molecule has 0 aromatic rings. The Hall–Kier alpha value is 5.36. The van der Waals surface area contributed by atoms with Crippen molar-refractivity contribution in [2.75, 3.05) is 0 Å². The molecule has 7 heteroatoms. The first-order valence-corrected chi connectivity index (χ1v) is 0. The van der Waals surface area contributed by atoms with Crippen LogP contribution >= 0.6 is 0 Å². The van der Waals surface area contributed by atoms with Crippen LogP contribution in [-0.2, 0) is 55.6 Å². The summed E-state index contributed by atoms with van der Waals surface area (Å²) in [4.78, 5) is 0. The molecule has 0 saturated heterocycles. The zero-order chi connectivity index (χ0) is 0. The maximum absolute atomic E-state index is 0. The summed E-state index contributed by atoms with van der Waals surface area (Å²) >= 11 is 0. The fourth-order valence-electron chi connectivity index (χ4n) is 0. The van der Waals surface area contributed by atoms with Crippen molar-refractivity contribution in [2.45, 2.75) is 0 Å². The van der Waals surface area contributed by atoms with Crippen LogP contribution in [0.3, 0.4) is 0 Å². The molecule has 0 bridgehead atoms. The molecule has 0 aliphatic carbocycles. The number of hydrogen-bond acceptors (Lipinski definition) is 0. The standard InChI is InChI=1S/2Mo.2Na.S.2Sb.6H/q;;2*+1;-2;;;;;;;;. The van der Waals surface area contributed by atoms with Crippen molar-refractivity contribution < 1.29 is 101 Å². The van der Waals surface area contributed by atoms with E-state index in [0.717, 1.165) is 0 Å². The van der Waals surface area contributed by atoms with Gasteiger partial charge in [-0.05, 0) is 0 Å². The maximum atomic E-state index is 0. The van der Waals surface area contributed by atoms with E-state index in [0.29, 0.717) is 0 Å². The molecule has 0 radical (unpaired) electrons. The van der Waals surface area contributed by atoms with Crippen LogP contribution in [0.25, 0.3) is 0 Å². The molecular formula is H6Mo2Na2SSb2. The second-order valence-electron chi connectivity index (χ2n) is 0. The van der Waals surface area contributed by atoms with Gasteiger partial charge in [0.1, 0.15) is 0 Å². The molecule has 0 spiro atoms. The summed E-state index contributed by atoms with van der Waals surface area (Å²) in [6.45, 7) is 0. The second kappa shape index (κ2) is 42.4. The van der Waals surface area contributed by atoms with E-state index < -0.39 is 0 Å². The Morgan fingerprint density at radius 3 is 0.571 bits per heavy atom. The molecule has 0 N–H and O–H groups in total. The monoisotopic (exact) mass is 522 g/mol. The van der Waals surface area contributed by atoms with Crippen LogP contribution < -0.4 is 59.1 Å². The van der Waals surface area contributed by atoms with E-state index in [-0.39, 0.29) is 164 Å². The van der Waals surface area contributed by atoms with Gasteiger partial charge in [-0.3, -0.25) is 0 Å². The van der Waals surface area contributed by atoms with Crippen molar-refractivity contribution in [3.63, 3.8) is 0 Å². The van der Waals surface area contributed by atoms with Gasteiger partial charge in [0.05, 0.1) is 0 Å². The quantitative estimate of drug-likeness (QED) is 0.279. The Morgan fingerprint density at radius 1 is 0.571 bits per heavy atom. The third kappa shape index (κ3) is 34.6. The molecule has 0 fully saturated rings. The number of rotatable bonds is 0. The van der Waals surface area contributed by atoms with E-state index >= 15 is 0 Å². The van der Waals surface area contributed by atoms with Crippen molar-refractivity contribution in [2.24, 2.45) is 0 Å². The summed E-state index contributed by atoms with van der Waals surface area (Å²) in [5.41, 5.74) is 0. The average Bonchev–Trinajstić information content (AvgIpc) is 0. The molecule has 0 saturated carbocycles. The van der Waals surface area contributed by atoms with Gasteiger partial charge in [-0.15, -0.1) is 0 Å². The van der Waals surface area contributed by atoms with Gasteiger partial charge < -0.3 is 13.5 Å². The summed E-state index contributed by atoms with van der Waals surface area (Å²) in [6.07, 6.45) is 0. The molecule has 0 aromatic carbocycles. The van der Waals surface area contributed by atoms with E-state index in [1.54, 1.807) is 0 Å². The molecule has 0 rings (SSSR count). The van der Waals surface area contributed by atoms with Gasteiger partial charge in [0.15, 0.2) is 0 Å². The van der Waals surface area contributed by atoms with Crippen LogP contribution in [0.15, 0.2) is 0 Å². The Morgan fingerprint density at radius 2 is 0.571 bits per heavy atom. The Labute approximate surface area is 159 Å². The third-order valence-electron chi connectivity index (χ3n) is 0. The molecule has 0 heterocycles. The first-order chi connectivity index (χ1) is 0. The number of hydrogen-bond donors (Lipinski definition) is 0. The van der Waals surface area contributed by atoms with E-state index in [1.165, 1.54) is 0 Å². The molecule has 36 valence electrons. The first kappa shape index (κ1) is 55.5. The minimum absolute atomic E-state index is 0. The van der Waals surface area contributed by atoms with Crippen molar-refractivity contribution in [1.82, 2.24) is 0 Å². The van der Waals surface area contributed by atoms with E-state index in [4.69, 9.17) is 0 Å². The third-order valence-corrected chi connectivity index (χ3v) is 0. The zero-order valence-electron chi connectivity index (χ0n) is 4.64. The molecule has 0 nitrogen and oxygen atoms in total.